The summed E-state index contributed by atoms with van der Waals surface area (Å²) in [7, 11) is 0. The number of nitrogens with zero attached hydrogens (tertiary/aromatic N) is 1. The summed E-state index contributed by atoms with van der Waals surface area (Å²) in [6.45, 7) is 5.36. The molecule has 1 heterocycles. The molecule has 2 nitrogen and oxygen atoms in total. The third-order valence-corrected chi connectivity index (χ3v) is 3.75. The van der Waals surface area contributed by atoms with Crippen molar-refractivity contribution in [3.63, 3.8) is 0 Å². The van der Waals surface area contributed by atoms with Gasteiger partial charge in [0.25, 0.3) is 0 Å². The Morgan fingerprint density at radius 1 is 1.20 bits per heavy atom. The van der Waals surface area contributed by atoms with E-state index < -0.39 is 0 Å². The van der Waals surface area contributed by atoms with Crippen LogP contribution < -0.4 is 5.32 Å². The minimum absolute atomic E-state index is 0.341. The zero-order valence-corrected chi connectivity index (χ0v) is 13.7. The first-order valence-corrected chi connectivity index (χ1v) is 7.87. The lowest BCUT2D eigenvalue weighted by Gasteiger charge is -2.20. The second-order valence-corrected chi connectivity index (χ2v) is 6.04. The molecule has 0 amide bonds. The molecule has 1 aromatic carbocycles. The molecule has 0 aliphatic heterocycles. The molecule has 20 heavy (non-hydrogen) atoms. The zero-order chi connectivity index (χ0) is 14.4. The summed E-state index contributed by atoms with van der Waals surface area (Å²) in [6.07, 6.45) is 5.84. The maximum Gasteiger partial charge on any atom is 0.0361 e. The van der Waals surface area contributed by atoms with Crippen molar-refractivity contribution in [2.75, 3.05) is 6.54 Å². The van der Waals surface area contributed by atoms with Gasteiger partial charge < -0.3 is 5.32 Å². The number of pyridine rings is 1. The van der Waals surface area contributed by atoms with Gasteiger partial charge in [-0.2, -0.15) is 0 Å². The van der Waals surface area contributed by atoms with Gasteiger partial charge in [-0.05, 0) is 67.3 Å². The summed E-state index contributed by atoms with van der Waals surface area (Å²) < 4.78 is 1.14. The fraction of sp³-hybridized carbons (Fsp3) is 0.353. The van der Waals surface area contributed by atoms with E-state index in [2.05, 4.69) is 70.4 Å². The second kappa shape index (κ2) is 7.55. The maximum atomic E-state index is 4.09. The third kappa shape index (κ3) is 4.43. The van der Waals surface area contributed by atoms with E-state index in [0.29, 0.717) is 6.04 Å². The number of aryl methyl sites for hydroxylation is 1. The van der Waals surface area contributed by atoms with Gasteiger partial charge in [-0.25, -0.2) is 0 Å². The van der Waals surface area contributed by atoms with E-state index in [-0.39, 0.29) is 0 Å². The summed E-state index contributed by atoms with van der Waals surface area (Å²) >= 11 is 3.60. The molecule has 1 N–H and O–H groups in total. The molecule has 0 aliphatic carbocycles. The highest BCUT2D eigenvalue weighted by Crippen LogP contribution is 2.23. The minimum Gasteiger partial charge on any atom is -0.310 e. The molecule has 1 aromatic heterocycles. The van der Waals surface area contributed by atoms with Crippen LogP contribution in [-0.2, 0) is 6.42 Å². The maximum absolute atomic E-state index is 4.09. The van der Waals surface area contributed by atoms with Crippen LogP contribution in [0.2, 0.25) is 0 Å². The van der Waals surface area contributed by atoms with Crippen molar-refractivity contribution in [1.29, 1.82) is 0 Å². The van der Waals surface area contributed by atoms with Gasteiger partial charge >= 0.3 is 0 Å². The molecular weight excluding hydrogens is 312 g/mol. The number of benzene rings is 1. The van der Waals surface area contributed by atoms with Gasteiger partial charge in [0.1, 0.15) is 0 Å². The van der Waals surface area contributed by atoms with Gasteiger partial charge in [0.15, 0.2) is 0 Å². The normalized spacial score (nSPS) is 12.3. The number of hydrogen-bond acceptors (Lipinski definition) is 2. The minimum atomic E-state index is 0.341. The fourth-order valence-electron chi connectivity index (χ4n) is 2.35. The molecule has 3 heteroatoms. The Morgan fingerprint density at radius 2 is 1.95 bits per heavy atom. The Labute approximate surface area is 129 Å². The Hall–Kier alpha value is -1.19. The molecular formula is C17H21BrN2. The topological polar surface area (TPSA) is 24.9 Å². The van der Waals surface area contributed by atoms with Crippen molar-refractivity contribution < 1.29 is 0 Å². The van der Waals surface area contributed by atoms with Crippen molar-refractivity contribution in [2.45, 2.75) is 32.7 Å². The molecule has 0 radical (unpaired) electrons. The predicted molar refractivity (Wildman–Crippen MR) is 87.9 cm³/mol. The Bertz CT molecular complexity index is 520. The van der Waals surface area contributed by atoms with Crippen LogP contribution in [-0.4, -0.2) is 11.5 Å². The zero-order valence-electron chi connectivity index (χ0n) is 12.1. The van der Waals surface area contributed by atoms with Crippen LogP contribution in [0.5, 0.6) is 0 Å². The number of halogens is 1. The molecule has 1 unspecified atom stereocenters. The Morgan fingerprint density at radius 3 is 2.60 bits per heavy atom. The summed E-state index contributed by atoms with van der Waals surface area (Å²) in [4.78, 5) is 4.09. The molecule has 106 valence electrons. The lowest BCUT2D eigenvalue weighted by Crippen LogP contribution is -2.24. The van der Waals surface area contributed by atoms with Gasteiger partial charge in [0, 0.05) is 22.9 Å². The van der Waals surface area contributed by atoms with Gasteiger partial charge in [0.2, 0.25) is 0 Å². The summed E-state index contributed by atoms with van der Waals surface area (Å²) in [6, 6.07) is 11.1. The number of rotatable bonds is 6. The van der Waals surface area contributed by atoms with E-state index >= 15 is 0 Å². The van der Waals surface area contributed by atoms with Crippen molar-refractivity contribution >= 4 is 15.9 Å². The average molecular weight is 333 g/mol. The monoisotopic (exact) mass is 332 g/mol. The first-order chi connectivity index (χ1) is 9.69. The van der Waals surface area contributed by atoms with Crippen LogP contribution in [0.15, 0.2) is 47.2 Å². The van der Waals surface area contributed by atoms with Crippen LogP contribution in [0.1, 0.15) is 36.1 Å². The standard InChI is InChI=1S/C17H21BrN2/c1-3-6-20-17(11-14-4-7-19-8-5-14)15-9-13(2)10-16(18)12-15/h4-5,7-10,12,17,20H,3,6,11H2,1-2H3. The molecule has 1 atom stereocenters. The largest absolute Gasteiger partial charge is 0.310 e. The molecule has 0 saturated carbocycles. The molecule has 2 aromatic rings. The molecule has 0 spiro atoms. The van der Waals surface area contributed by atoms with Crippen molar-refractivity contribution in [2.24, 2.45) is 0 Å². The van der Waals surface area contributed by atoms with Gasteiger partial charge in [-0.3, -0.25) is 4.98 Å². The molecule has 0 bridgehead atoms. The Balaban J connectivity index is 2.22. The third-order valence-electron chi connectivity index (χ3n) is 3.30. The van der Waals surface area contributed by atoms with E-state index in [1.807, 2.05) is 12.4 Å². The summed E-state index contributed by atoms with van der Waals surface area (Å²) in [5.41, 5.74) is 3.93. The van der Waals surface area contributed by atoms with Gasteiger partial charge in [0.05, 0.1) is 0 Å². The SMILES string of the molecule is CCCNC(Cc1ccncc1)c1cc(C)cc(Br)c1. The summed E-state index contributed by atoms with van der Waals surface area (Å²) in [5, 5.41) is 3.65. The van der Waals surface area contributed by atoms with E-state index in [0.717, 1.165) is 23.9 Å². The van der Waals surface area contributed by atoms with Gasteiger partial charge in [-0.15, -0.1) is 0 Å². The highest BCUT2D eigenvalue weighted by atomic mass is 79.9. The summed E-state index contributed by atoms with van der Waals surface area (Å²) in [5.74, 6) is 0. The molecule has 2 rings (SSSR count). The number of nitrogens with one attached hydrogen (secondary N) is 1. The first kappa shape index (κ1) is 15.2. The van der Waals surface area contributed by atoms with Crippen molar-refractivity contribution in [3.05, 3.63) is 63.9 Å². The Kier molecular flexibility index (Phi) is 5.74. The molecule has 0 saturated heterocycles. The smallest absolute Gasteiger partial charge is 0.0361 e. The highest BCUT2D eigenvalue weighted by molar-refractivity contribution is 9.10. The predicted octanol–water partition coefficient (Wildman–Crippen LogP) is 4.44. The first-order valence-electron chi connectivity index (χ1n) is 7.08. The van der Waals surface area contributed by atoms with Crippen LogP contribution in [0, 0.1) is 6.92 Å². The average Bonchev–Trinajstić information content (AvgIpc) is 2.43. The van der Waals surface area contributed by atoms with E-state index in [9.17, 15) is 0 Å². The fourth-order valence-corrected chi connectivity index (χ4v) is 2.97. The van der Waals surface area contributed by atoms with E-state index in [1.165, 1.54) is 16.7 Å². The lowest BCUT2D eigenvalue weighted by atomic mass is 9.98. The number of aromatic nitrogens is 1. The second-order valence-electron chi connectivity index (χ2n) is 5.13. The van der Waals surface area contributed by atoms with E-state index in [4.69, 9.17) is 0 Å². The van der Waals surface area contributed by atoms with Crippen LogP contribution in [0.3, 0.4) is 0 Å². The van der Waals surface area contributed by atoms with Gasteiger partial charge in [-0.1, -0.05) is 28.9 Å². The van der Waals surface area contributed by atoms with E-state index in [1.54, 1.807) is 0 Å². The van der Waals surface area contributed by atoms with Crippen molar-refractivity contribution in [1.82, 2.24) is 10.3 Å². The molecule has 0 fully saturated rings. The van der Waals surface area contributed by atoms with Crippen LogP contribution in [0.25, 0.3) is 0 Å². The van der Waals surface area contributed by atoms with Crippen LogP contribution in [0.4, 0.5) is 0 Å². The van der Waals surface area contributed by atoms with Crippen molar-refractivity contribution in [3.8, 4) is 0 Å². The quantitative estimate of drug-likeness (QED) is 0.846. The highest BCUT2D eigenvalue weighted by Gasteiger charge is 2.12. The molecule has 0 aliphatic rings. The van der Waals surface area contributed by atoms with Crippen LogP contribution >= 0.6 is 15.9 Å². The lowest BCUT2D eigenvalue weighted by molar-refractivity contribution is 0.528. The number of hydrogen-bond donors (Lipinski definition) is 1.